The quantitative estimate of drug-likeness (QED) is 0.805. The number of carbonyl (C=O) groups is 4. The first-order valence-corrected chi connectivity index (χ1v) is 5.91. The number of amides is 2. The van der Waals surface area contributed by atoms with Crippen LogP contribution in [0.5, 0.6) is 0 Å². The fourth-order valence-electron chi connectivity index (χ4n) is 1.78. The number of benzene rings is 1. The van der Waals surface area contributed by atoms with Gasteiger partial charge in [0.05, 0.1) is 11.1 Å². The van der Waals surface area contributed by atoms with Crippen molar-refractivity contribution < 1.29 is 29.1 Å². The van der Waals surface area contributed by atoms with E-state index >= 15 is 0 Å². The lowest BCUT2D eigenvalue weighted by molar-refractivity contribution is -0.168. The molecular formula is C13H11NO6. The summed E-state index contributed by atoms with van der Waals surface area (Å²) < 4.78 is 0. The Morgan fingerprint density at radius 2 is 1.60 bits per heavy atom. The lowest BCUT2D eigenvalue weighted by Crippen LogP contribution is -2.32. The van der Waals surface area contributed by atoms with Gasteiger partial charge in [-0.05, 0) is 18.6 Å². The summed E-state index contributed by atoms with van der Waals surface area (Å²) in [6.45, 7) is 0. The van der Waals surface area contributed by atoms with Crippen LogP contribution in [0.2, 0.25) is 0 Å². The molecule has 0 atom stereocenters. The third kappa shape index (κ3) is 2.66. The van der Waals surface area contributed by atoms with Crippen molar-refractivity contribution in [1.29, 1.82) is 0 Å². The Hall–Kier alpha value is -2.70. The van der Waals surface area contributed by atoms with E-state index in [4.69, 9.17) is 9.94 Å². The molecule has 20 heavy (non-hydrogen) atoms. The molecule has 0 aromatic heterocycles. The third-order valence-corrected chi connectivity index (χ3v) is 2.72. The highest BCUT2D eigenvalue weighted by Crippen LogP contribution is 2.22. The van der Waals surface area contributed by atoms with Crippen LogP contribution in [0.25, 0.3) is 0 Å². The average Bonchev–Trinajstić information content (AvgIpc) is 2.64. The molecule has 0 bridgehead atoms. The molecule has 7 nitrogen and oxygen atoms in total. The number of fused-ring (bicyclic) bond motifs is 1. The van der Waals surface area contributed by atoms with Crippen LogP contribution in [-0.2, 0) is 14.4 Å². The average molecular weight is 277 g/mol. The van der Waals surface area contributed by atoms with Gasteiger partial charge < -0.3 is 9.94 Å². The molecule has 2 rings (SSSR count). The molecule has 1 heterocycles. The summed E-state index contributed by atoms with van der Waals surface area (Å²) in [6, 6.07) is 6.13. The van der Waals surface area contributed by atoms with Gasteiger partial charge in [-0.3, -0.25) is 14.4 Å². The summed E-state index contributed by atoms with van der Waals surface area (Å²) in [4.78, 5) is 50.2. The number of rotatable bonds is 5. The van der Waals surface area contributed by atoms with Crippen LogP contribution in [0.4, 0.5) is 0 Å². The molecule has 2 amide bonds. The van der Waals surface area contributed by atoms with Gasteiger partial charge in [0.1, 0.15) is 0 Å². The summed E-state index contributed by atoms with van der Waals surface area (Å²) in [5.74, 6) is -3.24. The summed E-state index contributed by atoms with van der Waals surface area (Å²) >= 11 is 0. The van der Waals surface area contributed by atoms with Gasteiger partial charge in [-0.25, -0.2) is 4.79 Å². The van der Waals surface area contributed by atoms with Crippen molar-refractivity contribution in [3.8, 4) is 0 Å². The first kappa shape index (κ1) is 13.7. The van der Waals surface area contributed by atoms with E-state index in [-0.39, 0.29) is 30.4 Å². The smallest absolute Gasteiger partial charge is 0.333 e. The first-order chi connectivity index (χ1) is 9.50. The van der Waals surface area contributed by atoms with Gasteiger partial charge in [-0.1, -0.05) is 17.2 Å². The SMILES string of the molecule is O=C(O)CCCC(=O)ON1C(=O)c2ccccc2C1=O. The van der Waals surface area contributed by atoms with Gasteiger partial charge in [0, 0.05) is 12.8 Å². The molecule has 0 unspecified atom stereocenters. The second-order valence-corrected chi connectivity index (χ2v) is 4.16. The fourth-order valence-corrected chi connectivity index (χ4v) is 1.78. The van der Waals surface area contributed by atoms with E-state index in [1.807, 2.05) is 0 Å². The van der Waals surface area contributed by atoms with E-state index in [0.29, 0.717) is 5.06 Å². The molecule has 1 aromatic rings. The number of carboxylic acids is 1. The Bertz CT molecular complexity index is 559. The second kappa shape index (κ2) is 5.52. The topological polar surface area (TPSA) is 101 Å². The maximum Gasteiger partial charge on any atom is 0.333 e. The van der Waals surface area contributed by atoms with Crippen LogP contribution >= 0.6 is 0 Å². The summed E-state index contributed by atoms with van der Waals surface area (Å²) in [5, 5.41) is 8.85. The van der Waals surface area contributed by atoms with Crippen LogP contribution in [-0.4, -0.2) is 33.9 Å². The lowest BCUT2D eigenvalue weighted by atomic mass is 10.1. The van der Waals surface area contributed by atoms with Crippen molar-refractivity contribution in [3.63, 3.8) is 0 Å². The molecular weight excluding hydrogens is 266 g/mol. The highest BCUT2D eigenvalue weighted by Gasteiger charge is 2.38. The fraction of sp³-hybridized carbons (Fsp3) is 0.231. The molecule has 1 aliphatic heterocycles. The summed E-state index contributed by atoms with van der Waals surface area (Å²) in [5.41, 5.74) is 0.353. The van der Waals surface area contributed by atoms with E-state index in [1.54, 1.807) is 12.1 Å². The standard InChI is InChI=1S/C13H11NO6/c15-10(16)6-3-7-11(17)20-14-12(18)8-4-1-2-5-9(8)13(14)19/h1-2,4-5H,3,6-7H2,(H,15,16). The lowest BCUT2D eigenvalue weighted by Gasteiger charge is -2.12. The molecule has 0 spiro atoms. The van der Waals surface area contributed by atoms with Crippen molar-refractivity contribution in [3.05, 3.63) is 35.4 Å². The molecule has 104 valence electrons. The number of hydrogen-bond acceptors (Lipinski definition) is 5. The van der Waals surface area contributed by atoms with Crippen LogP contribution in [0.15, 0.2) is 24.3 Å². The summed E-state index contributed by atoms with van der Waals surface area (Å²) in [6.07, 6.45) is -0.283. The van der Waals surface area contributed by atoms with E-state index < -0.39 is 23.8 Å². The number of carbonyl (C=O) groups excluding carboxylic acids is 3. The van der Waals surface area contributed by atoms with Gasteiger partial charge in [0.2, 0.25) is 0 Å². The molecule has 1 aromatic carbocycles. The van der Waals surface area contributed by atoms with E-state index in [2.05, 4.69) is 0 Å². The van der Waals surface area contributed by atoms with Crippen molar-refractivity contribution in [2.45, 2.75) is 19.3 Å². The minimum absolute atomic E-state index is 0.0807. The highest BCUT2D eigenvalue weighted by molar-refractivity contribution is 6.20. The number of hydrogen-bond donors (Lipinski definition) is 1. The normalized spacial score (nSPS) is 13.3. The second-order valence-electron chi connectivity index (χ2n) is 4.16. The molecule has 0 fully saturated rings. The van der Waals surface area contributed by atoms with Gasteiger partial charge in [-0.15, -0.1) is 0 Å². The van der Waals surface area contributed by atoms with Crippen molar-refractivity contribution in [2.24, 2.45) is 0 Å². The minimum Gasteiger partial charge on any atom is -0.481 e. The van der Waals surface area contributed by atoms with Gasteiger partial charge in [0.25, 0.3) is 11.8 Å². The molecule has 1 N–H and O–H groups in total. The van der Waals surface area contributed by atoms with E-state index in [9.17, 15) is 19.2 Å². The highest BCUT2D eigenvalue weighted by atomic mass is 16.7. The zero-order chi connectivity index (χ0) is 14.7. The van der Waals surface area contributed by atoms with E-state index in [1.165, 1.54) is 12.1 Å². The van der Waals surface area contributed by atoms with Crippen molar-refractivity contribution >= 4 is 23.8 Å². The summed E-state index contributed by atoms with van der Waals surface area (Å²) in [7, 11) is 0. The number of imide groups is 1. The molecule has 0 aliphatic carbocycles. The number of hydroxylamine groups is 2. The van der Waals surface area contributed by atoms with Crippen LogP contribution in [0.3, 0.4) is 0 Å². The zero-order valence-corrected chi connectivity index (χ0v) is 10.4. The minimum atomic E-state index is -1.03. The zero-order valence-electron chi connectivity index (χ0n) is 10.4. The Balaban J connectivity index is 1.98. The van der Waals surface area contributed by atoms with Crippen LogP contribution in [0.1, 0.15) is 40.0 Å². The third-order valence-electron chi connectivity index (χ3n) is 2.72. The van der Waals surface area contributed by atoms with Crippen LogP contribution in [0, 0.1) is 0 Å². The molecule has 0 saturated heterocycles. The Kier molecular flexibility index (Phi) is 3.79. The molecule has 1 aliphatic rings. The predicted octanol–water partition coefficient (Wildman–Crippen LogP) is 0.996. The Morgan fingerprint density at radius 3 is 2.10 bits per heavy atom. The molecule has 0 radical (unpaired) electrons. The Morgan fingerprint density at radius 1 is 1.05 bits per heavy atom. The van der Waals surface area contributed by atoms with Gasteiger partial charge in [-0.2, -0.15) is 0 Å². The van der Waals surface area contributed by atoms with Crippen LogP contribution < -0.4 is 0 Å². The van der Waals surface area contributed by atoms with Gasteiger partial charge >= 0.3 is 11.9 Å². The number of carboxylic acid groups (broad SMARTS) is 1. The number of aliphatic carboxylic acids is 1. The molecule has 7 heteroatoms. The van der Waals surface area contributed by atoms with Gasteiger partial charge in [0.15, 0.2) is 0 Å². The van der Waals surface area contributed by atoms with Crippen molar-refractivity contribution in [1.82, 2.24) is 5.06 Å². The maximum absolute atomic E-state index is 11.9. The largest absolute Gasteiger partial charge is 0.481 e. The number of nitrogens with zero attached hydrogens (tertiary/aromatic N) is 1. The van der Waals surface area contributed by atoms with E-state index in [0.717, 1.165) is 0 Å². The first-order valence-electron chi connectivity index (χ1n) is 5.91. The Labute approximate surface area is 113 Å². The monoisotopic (exact) mass is 277 g/mol. The predicted molar refractivity (Wildman–Crippen MR) is 64.5 cm³/mol. The molecule has 0 saturated carbocycles. The maximum atomic E-state index is 11.9. The van der Waals surface area contributed by atoms with Crippen molar-refractivity contribution in [2.75, 3.05) is 0 Å².